The maximum absolute atomic E-state index is 14.4. The van der Waals surface area contributed by atoms with Gasteiger partial charge < -0.3 is 18.5 Å². The quantitative estimate of drug-likeness (QED) is 0.150. The Bertz CT molecular complexity index is 1250. The smallest absolute Gasteiger partial charge is 0.323 e. The summed E-state index contributed by atoms with van der Waals surface area (Å²) >= 11 is 0. The molecular formula is C30H46N2O8P2. The highest BCUT2D eigenvalue weighted by atomic mass is 31.2. The van der Waals surface area contributed by atoms with E-state index in [1.165, 1.54) is 0 Å². The third-order valence-corrected chi connectivity index (χ3v) is 11.9. The molecule has 1 unspecified atom stereocenters. The van der Waals surface area contributed by atoms with Gasteiger partial charge in [0.05, 0.1) is 16.9 Å². The molecule has 0 saturated heterocycles. The van der Waals surface area contributed by atoms with E-state index in [2.05, 4.69) is 10.2 Å². The predicted molar refractivity (Wildman–Crippen MR) is 165 cm³/mol. The maximum atomic E-state index is 14.4. The molecule has 0 aliphatic carbocycles. The second-order valence-corrected chi connectivity index (χ2v) is 16.9. The molecule has 2 N–H and O–H groups in total. The van der Waals surface area contributed by atoms with Gasteiger partial charge in [-0.15, -0.1) is 0 Å². The van der Waals surface area contributed by atoms with Gasteiger partial charge in [0.1, 0.15) is 29.7 Å². The summed E-state index contributed by atoms with van der Waals surface area (Å²) in [5, 5.41) is 4.63. The molecule has 0 aliphatic heterocycles. The van der Waals surface area contributed by atoms with E-state index in [9.17, 15) is 18.7 Å². The monoisotopic (exact) mass is 624 g/mol. The lowest BCUT2D eigenvalue weighted by Crippen LogP contribution is -2.43. The van der Waals surface area contributed by atoms with Crippen molar-refractivity contribution in [3.8, 4) is 11.5 Å². The summed E-state index contributed by atoms with van der Waals surface area (Å²) in [5.74, 6) is -0.428. The van der Waals surface area contributed by atoms with Crippen LogP contribution in [0.15, 0.2) is 60.7 Å². The van der Waals surface area contributed by atoms with Crippen molar-refractivity contribution < 1.29 is 37.2 Å². The molecule has 0 bridgehead atoms. The van der Waals surface area contributed by atoms with Crippen molar-refractivity contribution in [1.82, 2.24) is 10.2 Å². The number of para-hydroxylation sites is 2. The van der Waals surface area contributed by atoms with Gasteiger partial charge in [-0.2, -0.15) is 0 Å². The summed E-state index contributed by atoms with van der Waals surface area (Å²) in [5.41, 5.74) is -0.416. The first-order chi connectivity index (χ1) is 19.5. The van der Waals surface area contributed by atoms with Crippen molar-refractivity contribution in [3.05, 3.63) is 60.7 Å². The van der Waals surface area contributed by atoms with Gasteiger partial charge in [0.25, 0.3) is 0 Å². The van der Waals surface area contributed by atoms with Crippen LogP contribution in [0.3, 0.4) is 0 Å². The van der Waals surface area contributed by atoms with E-state index in [0.29, 0.717) is 11.5 Å². The van der Waals surface area contributed by atoms with Crippen molar-refractivity contribution in [2.75, 3.05) is 0 Å². The average Bonchev–Trinajstić information content (AvgIpc) is 2.88. The van der Waals surface area contributed by atoms with Crippen LogP contribution in [0.1, 0.15) is 68.7 Å². The van der Waals surface area contributed by atoms with E-state index in [1.807, 2.05) is 6.07 Å². The fourth-order valence-corrected chi connectivity index (χ4v) is 7.83. The average molecular weight is 625 g/mol. The van der Waals surface area contributed by atoms with Gasteiger partial charge in [0, 0.05) is 6.42 Å². The van der Waals surface area contributed by atoms with Gasteiger partial charge in [0.15, 0.2) is 0 Å². The Morgan fingerprint density at radius 3 is 1.64 bits per heavy atom. The van der Waals surface area contributed by atoms with E-state index < -0.39 is 56.0 Å². The molecule has 234 valence electrons. The zero-order valence-corrected chi connectivity index (χ0v) is 27.8. The number of benzene rings is 2. The zero-order valence-electron chi connectivity index (χ0n) is 26.0. The van der Waals surface area contributed by atoms with Gasteiger partial charge in [-0.1, -0.05) is 50.2 Å². The number of ether oxygens (including phenoxy) is 2. The van der Waals surface area contributed by atoms with Crippen LogP contribution in [0.5, 0.6) is 11.5 Å². The molecule has 12 heteroatoms. The fraction of sp³-hybridized carbons (Fsp3) is 0.533. The van der Waals surface area contributed by atoms with E-state index in [4.69, 9.17) is 18.5 Å². The lowest BCUT2D eigenvalue weighted by molar-refractivity contribution is -0.150. The van der Waals surface area contributed by atoms with E-state index in [0.717, 1.165) is 0 Å². The molecule has 5 atom stereocenters. The minimum absolute atomic E-state index is 0.122. The van der Waals surface area contributed by atoms with Crippen molar-refractivity contribution >= 4 is 27.0 Å². The molecule has 0 fully saturated rings. The van der Waals surface area contributed by atoms with Crippen LogP contribution in [0.2, 0.25) is 0 Å². The molecule has 42 heavy (non-hydrogen) atoms. The lowest BCUT2D eigenvalue weighted by Gasteiger charge is -2.37. The van der Waals surface area contributed by atoms with Crippen molar-refractivity contribution in [1.29, 1.82) is 0 Å². The van der Waals surface area contributed by atoms with Crippen molar-refractivity contribution in [2.24, 2.45) is 0 Å². The van der Waals surface area contributed by atoms with Crippen LogP contribution >= 0.6 is 15.0 Å². The Kier molecular flexibility index (Phi) is 12.9. The Labute approximate surface area is 250 Å². The molecule has 2 rings (SSSR count). The number of hydrogen-bond donors (Lipinski definition) is 2. The summed E-state index contributed by atoms with van der Waals surface area (Å²) < 4.78 is 50.9. The molecule has 0 radical (unpaired) electrons. The van der Waals surface area contributed by atoms with E-state index in [-0.39, 0.29) is 12.5 Å². The second kappa shape index (κ2) is 15.2. The third-order valence-electron chi connectivity index (χ3n) is 6.34. The van der Waals surface area contributed by atoms with Gasteiger partial charge in [-0.05, 0) is 72.7 Å². The molecule has 0 aliphatic rings. The van der Waals surface area contributed by atoms with Crippen LogP contribution < -0.4 is 19.2 Å². The standard InChI is InChI=1S/C30H46N2O8P2/c1-21(2)37-28(33)25(7)32-42(36,40-27-18-14-11-15-19-27)30(8,9)20-23(5)38-29(34)24(6)31-41(35,22(3)4)39-26-16-12-10-13-17-26/h10-19,21-25H,20H2,1-9H3,(H,31,35)(H,32,36)/t23?,24-,25-,41-,42+/m1/s1. The predicted octanol–water partition coefficient (Wildman–Crippen LogP) is 6.95. The molecule has 0 amide bonds. The van der Waals surface area contributed by atoms with Gasteiger partial charge in [-0.3, -0.25) is 18.7 Å². The highest BCUT2D eigenvalue weighted by Gasteiger charge is 2.47. The molecule has 0 saturated carbocycles. The van der Waals surface area contributed by atoms with Crippen LogP contribution in [0.25, 0.3) is 0 Å². The van der Waals surface area contributed by atoms with Gasteiger partial charge in [0.2, 0.25) is 0 Å². The SMILES string of the molecule is CC(C)OC(=O)[C@@H](C)N[P@@](=O)(Oc1ccccc1)C(C)(C)CC(C)OC(=O)[C@@H](C)N[P@](=O)(Oc1ccccc1)C(C)C. The van der Waals surface area contributed by atoms with E-state index in [1.54, 1.807) is 117 Å². The Hall–Kier alpha value is -2.64. The summed E-state index contributed by atoms with van der Waals surface area (Å²) in [4.78, 5) is 25.6. The lowest BCUT2D eigenvalue weighted by atomic mass is 10.1. The number of nitrogens with one attached hydrogen (secondary N) is 2. The van der Waals surface area contributed by atoms with Gasteiger partial charge in [-0.25, -0.2) is 10.2 Å². The summed E-state index contributed by atoms with van der Waals surface area (Å²) in [6, 6.07) is 15.5. The topological polar surface area (TPSA) is 129 Å². The zero-order chi connectivity index (χ0) is 31.7. The Morgan fingerprint density at radius 1 is 0.714 bits per heavy atom. The summed E-state index contributed by atoms with van der Waals surface area (Å²) in [6.45, 7) is 15.2. The summed E-state index contributed by atoms with van der Waals surface area (Å²) in [7, 11) is -7.30. The molecule has 0 heterocycles. The highest BCUT2D eigenvalue weighted by molar-refractivity contribution is 7.59. The number of carbonyl (C=O) groups is 2. The molecule has 2 aromatic rings. The number of carbonyl (C=O) groups excluding carboxylic acids is 2. The molecule has 0 aromatic heterocycles. The minimum atomic E-state index is -3.83. The second-order valence-electron chi connectivity index (χ2n) is 11.5. The number of esters is 2. The maximum Gasteiger partial charge on any atom is 0.323 e. The fourth-order valence-electron chi connectivity index (χ4n) is 4.00. The van der Waals surface area contributed by atoms with E-state index >= 15 is 0 Å². The number of hydrogen-bond acceptors (Lipinski definition) is 8. The first-order valence-electron chi connectivity index (χ1n) is 14.1. The van der Waals surface area contributed by atoms with Crippen LogP contribution in [0.4, 0.5) is 0 Å². The highest BCUT2D eigenvalue weighted by Crippen LogP contribution is 2.57. The third kappa shape index (κ3) is 10.3. The first kappa shape index (κ1) is 35.6. The largest absolute Gasteiger partial charge is 0.462 e. The Morgan fingerprint density at radius 2 is 1.17 bits per heavy atom. The Balaban J connectivity index is 2.17. The normalized spacial score (nSPS) is 16.9. The summed E-state index contributed by atoms with van der Waals surface area (Å²) in [6.07, 6.45) is -0.933. The van der Waals surface area contributed by atoms with Crippen LogP contribution in [-0.4, -0.2) is 47.0 Å². The first-order valence-corrected chi connectivity index (χ1v) is 17.5. The molecule has 2 aromatic carbocycles. The van der Waals surface area contributed by atoms with Crippen molar-refractivity contribution in [3.63, 3.8) is 0 Å². The van der Waals surface area contributed by atoms with Crippen LogP contribution in [-0.2, 0) is 28.2 Å². The molecule has 0 spiro atoms. The molecule has 10 nitrogen and oxygen atoms in total. The van der Waals surface area contributed by atoms with Crippen molar-refractivity contribution in [2.45, 2.75) is 104 Å². The molecular weight excluding hydrogens is 578 g/mol. The van der Waals surface area contributed by atoms with Crippen LogP contribution in [0, 0.1) is 0 Å². The number of rotatable bonds is 16. The van der Waals surface area contributed by atoms with Gasteiger partial charge >= 0.3 is 27.0 Å². The minimum Gasteiger partial charge on any atom is -0.462 e.